The maximum Gasteiger partial charge on any atom is 0.237 e. The van der Waals surface area contributed by atoms with Crippen molar-refractivity contribution in [1.29, 1.82) is 0 Å². The highest BCUT2D eigenvalue weighted by molar-refractivity contribution is 7.98. The average Bonchev–Trinajstić information content (AvgIpc) is 3.40. The van der Waals surface area contributed by atoms with Crippen molar-refractivity contribution in [3.05, 3.63) is 36.0 Å². The van der Waals surface area contributed by atoms with E-state index in [1.165, 1.54) is 19.3 Å². The van der Waals surface area contributed by atoms with Crippen molar-refractivity contribution in [3.63, 3.8) is 0 Å². The van der Waals surface area contributed by atoms with Gasteiger partial charge >= 0.3 is 0 Å². The second-order valence-corrected chi connectivity index (χ2v) is 7.92. The van der Waals surface area contributed by atoms with Crippen molar-refractivity contribution in [2.45, 2.75) is 49.9 Å². The van der Waals surface area contributed by atoms with E-state index in [0.29, 0.717) is 11.6 Å². The molecule has 1 aromatic carbocycles. The number of thioether (sulfide) groups is 1. The van der Waals surface area contributed by atoms with Crippen LogP contribution in [0.4, 0.5) is 5.95 Å². The van der Waals surface area contributed by atoms with E-state index >= 15 is 0 Å². The van der Waals surface area contributed by atoms with Crippen molar-refractivity contribution in [3.8, 4) is 11.4 Å². The Hall–Kier alpha value is -2.55. The Balaban J connectivity index is 1.64. The molecule has 0 aliphatic carbocycles. The first-order chi connectivity index (χ1) is 14.3. The molecule has 29 heavy (non-hydrogen) atoms. The van der Waals surface area contributed by atoms with Crippen LogP contribution < -0.4 is 9.64 Å². The summed E-state index contributed by atoms with van der Waals surface area (Å²) >= 11 is 1.54. The number of para-hydroxylation sites is 2. The number of hydrogen-bond acceptors (Lipinski definition) is 8. The van der Waals surface area contributed by atoms with Crippen LogP contribution in [0.1, 0.15) is 44.3 Å². The van der Waals surface area contributed by atoms with Crippen LogP contribution in [0.3, 0.4) is 0 Å². The topological polar surface area (TPSA) is 82.1 Å². The van der Waals surface area contributed by atoms with E-state index in [-0.39, 0.29) is 0 Å². The van der Waals surface area contributed by atoms with Gasteiger partial charge in [-0.15, -0.1) is 10.2 Å². The molecule has 9 heteroatoms. The third-order valence-electron chi connectivity index (χ3n) is 4.89. The Morgan fingerprint density at radius 1 is 1.14 bits per heavy atom. The quantitative estimate of drug-likeness (QED) is 0.514. The first-order valence-electron chi connectivity index (χ1n) is 10.1. The number of ether oxygens (including phenoxy) is 1. The predicted octanol–water partition coefficient (Wildman–Crippen LogP) is 3.89. The summed E-state index contributed by atoms with van der Waals surface area (Å²) in [7, 11) is 1.68. The molecular weight excluding hydrogens is 388 g/mol. The summed E-state index contributed by atoms with van der Waals surface area (Å²) in [6, 6.07) is 7.96. The zero-order valence-electron chi connectivity index (χ0n) is 16.9. The summed E-state index contributed by atoms with van der Waals surface area (Å²) in [5.41, 5.74) is 0.931. The third-order valence-corrected chi connectivity index (χ3v) is 5.80. The first kappa shape index (κ1) is 19.8. The largest absolute Gasteiger partial charge is 0.495 e. The highest BCUT2D eigenvalue weighted by Crippen LogP contribution is 2.33. The van der Waals surface area contributed by atoms with Crippen LogP contribution >= 0.6 is 11.8 Å². The van der Waals surface area contributed by atoms with E-state index in [4.69, 9.17) is 9.26 Å². The summed E-state index contributed by atoms with van der Waals surface area (Å²) in [5, 5.41) is 13.8. The average molecular weight is 415 g/mol. The molecule has 0 atom stereocenters. The fourth-order valence-electron chi connectivity index (χ4n) is 3.48. The number of aromatic nitrogens is 5. The van der Waals surface area contributed by atoms with Gasteiger partial charge in [-0.3, -0.25) is 4.57 Å². The van der Waals surface area contributed by atoms with Gasteiger partial charge in [0, 0.05) is 19.5 Å². The molecule has 0 bridgehead atoms. The van der Waals surface area contributed by atoms with Crippen molar-refractivity contribution >= 4 is 17.7 Å². The van der Waals surface area contributed by atoms with Crippen molar-refractivity contribution in [2.24, 2.45) is 0 Å². The van der Waals surface area contributed by atoms with E-state index in [2.05, 4.69) is 36.7 Å². The Morgan fingerprint density at radius 2 is 1.97 bits per heavy atom. The Bertz CT molecular complexity index is 935. The van der Waals surface area contributed by atoms with Gasteiger partial charge in [-0.1, -0.05) is 36.0 Å². The summed E-state index contributed by atoms with van der Waals surface area (Å²) in [6.45, 7) is 4.08. The molecule has 0 unspecified atom stereocenters. The van der Waals surface area contributed by atoms with Crippen LogP contribution in [0.5, 0.6) is 5.75 Å². The molecule has 1 fully saturated rings. The van der Waals surface area contributed by atoms with Crippen molar-refractivity contribution in [2.75, 3.05) is 25.1 Å². The number of rotatable bonds is 8. The minimum atomic E-state index is 0.546. The number of piperidine rings is 1. The molecule has 1 saturated heterocycles. The van der Waals surface area contributed by atoms with Gasteiger partial charge in [0.05, 0.1) is 18.6 Å². The highest BCUT2D eigenvalue weighted by atomic mass is 32.2. The van der Waals surface area contributed by atoms with Gasteiger partial charge in [-0.25, -0.2) is 0 Å². The lowest BCUT2D eigenvalue weighted by Crippen LogP contribution is -2.31. The lowest BCUT2D eigenvalue weighted by Gasteiger charge is -2.28. The lowest BCUT2D eigenvalue weighted by atomic mass is 10.1. The van der Waals surface area contributed by atoms with E-state index in [9.17, 15) is 0 Å². The maximum atomic E-state index is 5.61. The molecule has 0 radical (unpaired) electrons. The smallest absolute Gasteiger partial charge is 0.237 e. The highest BCUT2D eigenvalue weighted by Gasteiger charge is 2.23. The molecule has 0 N–H and O–H groups in total. The zero-order valence-corrected chi connectivity index (χ0v) is 17.7. The molecule has 3 heterocycles. The van der Waals surface area contributed by atoms with Crippen LogP contribution in [0, 0.1) is 0 Å². The normalized spacial score (nSPS) is 14.3. The molecule has 0 spiro atoms. The molecular formula is C20H26N6O2S. The van der Waals surface area contributed by atoms with E-state index in [1.54, 1.807) is 18.9 Å². The summed E-state index contributed by atoms with van der Waals surface area (Å²) in [5.74, 6) is 3.55. The second kappa shape index (κ2) is 9.30. The number of nitrogens with zero attached hydrogens (tertiary/aromatic N) is 6. The van der Waals surface area contributed by atoms with Gasteiger partial charge in [0.1, 0.15) is 5.75 Å². The van der Waals surface area contributed by atoms with Gasteiger partial charge < -0.3 is 14.2 Å². The SMILES string of the molecule is CCCc1noc(CSc2nnc(N3CCCCC3)n2-c2ccccc2OC)n1. The van der Waals surface area contributed by atoms with Gasteiger partial charge in [0.25, 0.3) is 0 Å². The summed E-state index contributed by atoms with van der Waals surface area (Å²) in [4.78, 5) is 6.76. The predicted molar refractivity (Wildman–Crippen MR) is 112 cm³/mol. The molecule has 1 aliphatic heterocycles. The van der Waals surface area contributed by atoms with Crippen LogP contribution in [-0.4, -0.2) is 45.1 Å². The standard InChI is InChI=1S/C20H26N6O2S/c1-3-9-17-21-18(28-24-17)14-29-20-23-22-19(25-12-7-4-8-13-25)26(20)15-10-5-6-11-16(15)27-2/h5-6,10-11H,3-4,7-9,12-14H2,1-2H3. The van der Waals surface area contributed by atoms with Crippen LogP contribution in [0.25, 0.3) is 5.69 Å². The van der Waals surface area contributed by atoms with E-state index in [0.717, 1.165) is 54.3 Å². The van der Waals surface area contributed by atoms with E-state index < -0.39 is 0 Å². The van der Waals surface area contributed by atoms with Crippen LogP contribution in [0.15, 0.2) is 33.9 Å². The second-order valence-electron chi connectivity index (χ2n) is 6.98. The minimum Gasteiger partial charge on any atom is -0.495 e. The molecule has 8 nitrogen and oxygen atoms in total. The van der Waals surface area contributed by atoms with Crippen LogP contribution in [-0.2, 0) is 12.2 Å². The van der Waals surface area contributed by atoms with Crippen molar-refractivity contribution < 1.29 is 9.26 Å². The molecule has 154 valence electrons. The summed E-state index contributed by atoms with van der Waals surface area (Å²) < 4.78 is 13.1. The van der Waals surface area contributed by atoms with Gasteiger partial charge in [-0.05, 0) is 37.8 Å². The lowest BCUT2D eigenvalue weighted by molar-refractivity contribution is 0.384. The molecule has 3 aromatic rings. The maximum absolute atomic E-state index is 5.61. The number of aryl methyl sites for hydroxylation is 1. The number of methoxy groups -OCH3 is 1. The van der Waals surface area contributed by atoms with Gasteiger partial charge in [-0.2, -0.15) is 4.98 Å². The van der Waals surface area contributed by atoms with Crippen molar-refractivity contribution in [1.82, 2.24) is 24.9 Å². The van der Waals surface area contributed by atoms with Gasteiger partial charge in [0.2, 0.25) is 11.8 Å². The van der Waals surface area contributed by atoms with Gasteiger partial charge in [0.15, 0.2) is 11.0 Å². The monoisotopic (exact) mass is 414 g/mol. The fourth-order valence-corrected chi connectivity index (χ4v) is 4.26. The zero-order chi connectivity index (χ0) is 20.1. The first-order valence-corrected chi connectivity index (χ1v) is 11.1. The Labute approximate surface area is 174 Å². The molecule has 4 rings (SSSR count). The molecule has 0 amide bonds. The molecule has 0 saturated carbocycles. The summed E-state index contributed by atoms with van der Waals surface area (Å²) in [6.07, 6.45) is 5.42. The van der Waals surface area contributed by atoms with E-state index in [1.807, 2.05) is 24.3 Å². The Kier molecular flexibility index (Phi) is 6.33. The molecule has 2 aromatic heterocycles. The number of hydrogen-bond donors (Lipinski definition) is 0. The third kappa shape index (κ3) is 4.39. The number of benzene rings is 1. The fraction of sp³-hybridized carbons (Fsp3) is 0.500. The Morgan fingerprint density at radius 3 is 2.76 bits per heavy atom. The van der Waals surface area contributed by atoms with Crippen LogP contribution in [0.2, 0.25) is 0 Å². The molecule has 1 aliphatic rings. The number of anilines is 1. The minimum absolute atomic E-state index is 0.546.